The highest BCUT2D eigenvalue weighted by atomic mass is 32.1. The maximum Gasteiger partial charge on any atom is 0.162 e. The van der Waals surface area contributed by atoms with E-state index in [0.29, 0.717) is 11.5 Å². The van der Waals surface area contributed by atoms with E-state index in [1.54, 1.807) is 31.6 Å². The van der Waals surface area contributed by atoms with Crippen molar-refractivity contribution in [2.75, 3.05) is 19.5 Å². The summed E-state index contributed by atoms with van der Waals surface area (Å²) in [5, 5.41) is 16.5. The highest BCUT2D eigenvalue weighted by Crippen LogP contribution is 2.37. The summed E-state index contributed by atoms with van der Waals surface area (Å²) < 4.78 is 10.8. The number of nitrogens with one attached hydrogen (secondary N) is 1. The molecule has 0 aliphatic carbocycles. The fourth-order valence-electron chi connectivity index (χ4n) is 3.21. The fourth-order valence-corrected chi connectivity index (χ4v) is 4.13. The molecule has 0 radical (unpaired) electrons. The molecule has 2 N–H and O–H groups in total. The van der Waals surface area contributed by atoms with Gasteiger partial charge >= 0.3 is 0 Å². The van der Waals surface area contributed by atoms with Crippen molar-refractivity contribution >= 4 is 28.1 Å². The monoisotopic (exact) mass is 407 g/mol. The number of aromatic hydroxyl groups is 1. The van der Waals surface area contributed by atoms with Crippen LogP contribution in [0.5, 0.6) is 17.2 Å². The lowest BCUT2D eigenvalue weighted by molar-refractivity contribution is 0.356. The summed E-state index contributed by atoms with van der Waals surface area (Å²) in [4.78, 5) is 9.91. The number of methoxy groups -OCH3 is 2. The Morgan fingerprint density at radius 2 is 1.79 bits per heavy atom. The number of ether oxygens (including phenoxy) is 2. The molecule has 0 saturated carbocycles. The standard InChI is InChI=1S/C22H21N3O3S/c1-13(21-8-14(11-29-21)15-6-4-5-7-18(15)26)25-22-16-9-19(27-2)20(28-3)10-17(16)23-12-24-22/h4-13,26H,1-3H3,(H,23,24,25). The zero-order valence-corrected chi connectivity index (χ0v) is 17.2. The molecule has 0 amide bonds. The third-order valence-corrected chi connectivity index (χ3v) is 5.87. The number of thiophene rings is 1. The molecule has 0 bridgehead atoms. The SMILES string of the molecule is COc1cc2ncnc(NC(C)c3cc(-c4ccccc4O)cs3)c2cc1OC. The summed E-state index contributed by atoms with van der Waals surface area (Å²) in [5.41, 5.74) is 2.59. The largest absolute Gasteiger partial charge is 0.507 e. The van der Waals surface area contributed by atoms with Gasteiger partial charge in [-0.3, -0.25) is 0 Å². The number of anilines is 1. The van der Waals surface area contributed by atoms with Gasteiger partial charge in [0.05, 0.1) is 25.8 Å². The average Bonchev–Trinajstić information content (AvgIpc) is 3.23. The van der Waals surface area contributed by atoms with Crippen molar-refractivity contribution < 1.29 is 14.6 Å². The summed E-state index contributed by atoms with van der Waals surface area (Å²) in [6.45, 7) is 2.08. The Hall–Kier alpha value is -3.32. The van der Waals surface area contributed by atoms with Gasteiger partial charge in [-0.15, -0.1) is 11.3 Å². The van der Waals surface area contributed by atoms with E-state index >= 15 is 0 Å². The molecule has 0 aliphatic rings. The number of phenolic OH excluding ortho intramolecular Hbond substituents is 1. The van der Waals surface area contributed by atoms with E-state index in [1.165, 1.54) is 6.33 Å². The van der Waals surface area contributed by atoms with Gasteiger partial charge in [-0.2, -0.15) is 0 Å². The Labute approximate surface area is 172 Å². The first kappa shape index (κ1) is 19.0. The highest BCUT2D eigenvalue weighted by Gasteiger charge is 2.15. The van der Waals surface area contributed by atoms with Crippen LogP contribution in [0, 0.1) is 0 Å². The van der Waals surface area contributed by atoms with Crippen LogP contribution >= 0.6 is 11.3 Å². The van der Waals surface area contributed by atoms with Crippen molar-refractivity contribution in [2.45, 2.75) is 13.0 Å². The predicted molar refractivity (Wildman–Crippen MR) is 116 cm³/mol. The summed E-state index contributed by atoms with van der Waals surface area (Å²) >= 11 is 1.64. The second-order valence-corrected chi connectivity index (χ2v) is 7.51. The van der Waals surface area contributed by atoms with Crippen molar-refractivity contribution in [3.63, 3.8) is 0 Å². The van der Waals surface area contributed by atoms with Crippen LogP contribution in [0.2, 0.25) is 0 Å². The molecular formula is C22H21N3O3S. The normalized spacial score (nSPS) is 12.0. The van der Waals surface area contributed by atoms with Crippen molar-refractivity contribution in [1.82, 2.24) is 9.97 Å². The van der Waals surface area contributed by atoms with Gasteiger partial charge in [-0.05, 0) is 36.1 Å². The number of nitrogens with zero attached hydrogens (tertiary/aromatic N) is 2. The van der Waals surface area contributed by atoms with Crippen LogP contribution < -0.4 is 14.8 Å². The van der Waals surface area contributed by atoms with E-state index in [0.717, 1.165) is 32.7 Å². The molecule has 148 valence electrons. The zero-order chi connectivity index (χ0) is 20.4. The van der Waals surface area contributed by atoms with Gasteiger partial charge in [0.25, 0.3) is 0 Å². The first-order chi connectivity index (χ1) is 14.1. The number of benzene rings is 2. The maximum absolute atomic E-state index is 10.1. The molecule has 2 aromatic heterocycles. The van der Waals surface area contributed by atoms with Crippen LogP contribution in [0.4, 0.5) is 5.82 Å². The Kier molecular flexibility index (Phi) is 5.22. The quantitative estimate of drug-likeness (QED) is 0.454. The molecule has 0 saturated heterocycles. The second-order valence-electron chi connectivity index (χ2n) is 6.57. The minimum absolute atomic E-state index is 0.0193. The van der Waals surface area contributed by atoms with E-state index in [-0.39, 0.29) is 11.8 Å². The van der Waals surface area contributed by atoms with Crippen molar-refractivity contribution in [3.05, 3.63) is 59.0 Å². The summed E-state index contributed by atoms with van der Waals surface area (Å²) in [7, 11) is 3.21. The smallest absolute Gasteiger partial charge is 0.162 e. The minimum atomic E-state index is 0.0193. The molecule has 6 nitrogen and oxygen atoms in total. The average molecular weight is 407 g/mol. The minimum Gasteiger partial charge on any atom is -0.507 e. The van der Waals surface area contributed by atoms with Gasteiger partial charge in [-0.1, -0.05) is 18.2 Å². The molecule has 1 atom stereocenters. The van der Waals surface area contributed by atoms with E-state index in [1.807, 2.05) is 30.3 Å². The van der Waals surface area contributed by atoms with Crippen LogP contribution in [0.3, 0.4) is 0 Å². The van der Waals surface area contributed by atoms with Crippen LogP contribution in [0.15, 0.2) is 54.2 Å². The molecule has 7 heteroatoms. The van der Waals surface area contributed by atoms with Crippen molar-refractivity contribution in [2.24, 2.45) is 0 Å². The summed E-state index contributed by atoms with van der Waals surface area (Å²) in [6, 6.07) is 13.2. The number of aromatic nitrogens is 2. The maximum atomic E-state index is 10.1. The molecule has 1 unspecified atom stereocenters. The van der Waals surface area contributed by atoms with Crippen LogP contribution in [-0.4, -0.2) is 29.3 Å². The molecular weight excluding hydrogens is 386 g/mol. The van der Waals surface area contributed by atoms with Gasteiger partial charge in [0.15, 0.2) is 11.5 Å². The first-order valence-electron chi connectivity index (χ1n) is 9.10. The van der Waals surface area contributed by atoms with Crippen LogP contribution in [0.1, 0.15) is 17.8 Å². The van der Waals surface area contributed by atoms with Crippen LogP contribution in [0.25, 0.3) is 22.0 Å². The van der Waals surface area contributed by atoms with Gasteiger partial charge in [-0.25, -0.2) is 9.97 Å². The fraction of sp³-hybridized carbons (Fsp3) is 0.182. The molecule has 0 fully saturated rings. The third-order valence-electron chi connectivity index (χ3n) is 4.76. The lowest BCUT2D eigenvalue weighted by Gasteiger charge is -2.15. The highest BCUT2D eigenvalue weighted by molar-refractivity contribution is 7.10. The molecule has 29 heavy (non-hydrogen) atoms. The van der Waals surface area contributed by atoms with Crippen molar-refractivity contribution in [1.29, 1.82) is 0 Å². The topological polar surface area (TPSA) is 76.5 Å². The Bertz CT molecular complexity index is 1160. The van der Waals surface area contributed by atoms with Crippen LogP contribution in [-0.2, 0) is 0 Å². The lowest BCUT2D eigenvalue weighted by atomic mass is 10.1. The van der Waals surface area contributed by atoms with E-state index < -0.39 is 0 Å². The van der Waals surface area contributed by atoms with Gasteiger partial charge < -0.3 is 19.9 Å². The number of fused-ring (bicyclic) bond motifs is 1. The van der Waals surface area contributed by atoms with E-state index in [4.69, 9.17) is 9.47 Å². The van der Waals surface area contributed by atoms with Gasteiger partial charge in [0.2, 0.25) is 0 Å². The van der Waals surface area contributed by atoms with Crippen molar-refractivity contribution in [3.8, 4) is 28.4 Å². The lowest BCUT2D eigenvalue weighted by Crippen LogP contribution is -2.07. The molecule has 4 rings (SSSR count). The van der Waals surface area contributed by atoms with E-state index in [9.17, 15) is 5.11 Å². The number of phenols is 1. The Morgan fingerprint density at radius 1 is 1.03 bits per heavy atom. The molecule has 4 aromatic rings. The summed E-state index contributed by atoms with van der Waals surface area (Å²) in [6.07, 6.45) is 1.53. The Morgan fingerprint density at radius 3 is 2.55 bits per heavy atom. The second kappa shape index (κ2) is 7.97. The number of hydrogen-bond acceptors (Lipinski definition) is 7. The van der Waals surface area contributed by atoms with Gasteiger partial charge in [0, 0.05) is 21.9 Å². The molecule has 2 heterocycles. The van der Waals surface area contributed by atoms with Gasteiger partial charge in [0.1, 0.15) is 17.9 Å². The molecule has 0 spiro atoms. The third kappa shape index (κ3) is 3.69. The first-order valence-corrected chi connectivity index (χ1v) is 9.98. The zero-order valence-electron chi connectivity index (χ0n) is 16.3. The Balaban J connectivity index is 1.64. The summed E-state index contributed by atoms with van der Waals surface area (Å²) in [5.74, 6) is 2.26. The number of rotatable bonds is 6. The number of para-hydroxylation sites is 1. The molecule has 2 aromatic carbocycles. The van der Waals surface area contributed by atoms with E-state index in [2.05, 4.69) is 33.7 Å². The predicted octanol–water partition coefficient (Wildman–Crippen LogP) is 5.25. The number of hydrogen-bond donors (Lipinski definition) is 2. The molecule has 0 aliphatic heterocycles.